The molecule has 224 valence electrons. The summed E-state index contributed by atoms with van der Waals surface area (Å²) in [4.78, 5) is 37.2. The summed E-state index contributed by atoms with van der Waals surface area (Å²) >= 11 is 0. The van der Waals surface area contributed by atoms with Crippen molar-refractivity contribution >= 4 is 39.4 Å². The fraction of sp³-hybridized carbons (Fsp3) is 0.538. The first-order valence-electron chi connectivity index (χ1n) is 13.3. The van der Waals surface area contributed by atoms with Gasteiger partial charge in [-0.05, 0) is 44.4 Å². The van der Waals surface area contributed by atoms with Gasteiger partial charge in [-0.1, -0.05) is 0 Å². The van der Waals surface area contributed by atoms with Gasteiger partial charge < -0.3 is 25.8 Å². The number of H-pyrrole nitrogens is 1. The van der Waals surface area contributed by atoms with Crippen LogP contribution in [0.1, 0.15) is 25.7 Å². The number of piperidine rings is 2. The van der Waals surface area contributed by atoms with Crippen LogP contribution in [0.15, 0.2) is 30.7 Å². The molecule has 0 aliphatic carbocycles. The number of carbonyl (C=O) groups is 2. The Kier molecular flexibility index (Phi) is 9.56. The highest BCUT2D eigenvalue weighted by Crippen LogP contribution is 2.33. The molecule has 2 aliphatic heterocycles. The number of halogens is 6. The number of carbonyl (C=O) groups excluding carboxylic acids is 2. The number of pyridine rings is 2. The smallest absolute Gasteiger partial charge is 0.370 e. The van der Waals surface area contributed by atoms with Gasteiger partial charge in [0.25, 0.3) is 0 Å². The Balaban J connectivity index is 0.000000234. The maximum atomic E-state index is 12.4. The van der Waals surface area contributed by atoms with Gasteiger partial charge in [-0.15, -0.1) is 0 Å². The number of nitrogens with one attached hydrogen (secondary N) is 4. The number of alkyl halides is 6. The van der Waals surface area contributed by atoms with Crippen LogP contribution in [0.4, 0.5) is 32.0 Å². The van der Waals surface area contributed by atoms with E-state index in [1.165, 1.54) is 0 Å². The minimum atomic E-state index is -4.40. The summed E-state index contributed by atoms with van der Waals surface area (Å²) in [6.45, 7) is -0.104. The Hall–Kier alpha value is -3.62. The molecule has 3 aromatic rings. The van der Waals surface area contributed by atoms with E-state index < -0.39 is 43.2 Å². The first kappa shape index (κ1) is 30.3. The third kappa shape index (κ3) is 8.44. The minimum Gasteiger partial charge on any atom is -0.370 e. The van der Waals surface area contributed by atoms with Crippen molar-refractivity contribution < 1.29 is 35.9 Å². The van der Waals surface area contributed by atoms with E-state index >= 15 is 0 Å². The van der Waals surface area contributed by atoms with Crippen molar-refractivity contribution in [3.05, 3.63) is 30.7 Å². The normalized spacial score (nSPS) is 19.9. The second kappa shape index (κ2) is 12.9. The van der Waals surface area contributed by atoms with Gasteiger partial charge in [0.05, 0.1) is 23.5 Å². The summed E-state index contributed by atoms with van der Waals surface area (Å²) in [7, 11) is 0. The van der Waals surface area contributed by atoms with Gasteiger partial charge in [-0.25, -0.2) is 9.97 Å². The standard InChI is InChI=1S/C18H18F3N5O.C8H13F3N2O/c19-18(20,21)10-25-17(27)11-2-1-7-26(9-11)14-4-6-22-13-8-24-16-12(15(13)14)3-5-23-16;9-8(10,11)5-13-7(14)6-2-1-3-12-4-6/h3-6,8,11,22H,1-2,7,9-10H2,(H,25,27);6,12H,1-5H2,(H,13,14). The molecule has 0 saturated carbocycles. The number of nitrogens with zero attached hydrogens (tertiary/aromatic N) is 3. The molecule has 5 rings (SSSR count). The summed E-state index contributed by atoms with van der Waals surface area (Å²) in [6, 6.07) is 3.81. The zero-order valence-corrected chi connectivity index (χ0v) is 22.0. The van der Waals surface area contributed by atoms with Crippen LogP contribution in [0.2, 0.25) is 0 Å². The molecular formula is C26H31F6N7O2. The molecule has 4 N–H and O–H groups in total. The van der Waals surface area contributed by atoms with Gasteiger partial charge >= 0.3 is 12.4 Å². The Morgan fingerprint density at radius 2 is 1.63 bits per heavy atom. The van der Waals surface area contributed by atoms with Crippen molar-refractivity contribution in [2.45, 2.75) is 38.0 Å². The molecular weight excluding hydrogens is 556 g/mol. The largest absolute Gasteiger partial charge is 0.405 e. The number of fused-ring (bicyclic) bond motifs is 3. The summed E-state index contributed by atoms with van der Waals surface area (Å²) in [5, 5.41) is 8.73. The van der Waals surface area contributed by atoms with Gasteiger partial charge in [0.1, 0.15) is 13.1 Å². The monoisotopic (exact) mass is 587 g/mol. The third-order valence-corrected chi connectivity index (χ3v) is 7.00. The highest BCUT2D eigenvalue weighted by Gasteiger charge is 2.32. The van der Waals surface area contributed by atoms with Crippen LogP contribution in [0, 0.1) is 11.8 Å². The van der Waals surface area contributed by atoms with Crippen LogP contribution in [-0.2, 0) is 9.59 Å². The zero-order valence-electron chi connectivity index (χ0n) is 22.0. The van der Waals surface area contributed by atoms with Gasteiger partial charge in [-0.2, -0.15) is 26.3 Å². The first-order chi connectivity index (χ1) is 19.4. The van der Waals surface area contributed by atoms with E-state index in [0.29, 0.717) is 31.6 Å². The van der Waals surface area contributed by atoms with Crippen molar-refractivity contribution in [2.24, 2.45) is 11.8 Å². The van der Waals surface area contributed by atoms with Crippen LogP contribution in [-0.4, -0.2) is 78.4 Å². The van der Waals surface area contributed by atoms with E-state index in [2.05, 4.69) is 25.2 Å². The fourth-order valence-electron chi connectivity index (χ4n) is 5.05. The zero-order chi connectivity index (χ0) is 29.6. The van der Waals surface area contributed by atoms with Crippen LogP contribution in [0.5, 0.6) is 0 Å². The van der Waals surface area contributed by atoms with Gasteiger partial charge in [0.2, 0.25) is 11.8 Å². The molecule has 5 heterocycles. The van der Waals surface area contributed by atoms with Crippen LogP contribution < -0.4 is 20.9 Å². The van der Waals surface area contributed by atoms with Crippen molar-refractivity contribution in [3.8, 4) is 0 Å². The van der Waals surface area contributed by atoms with Gasteiger partial charge in [-0.3, -0.25) is 9.59 Å². The topological polar surface area (TPSA) is 115 Å². The van der Waals surface area contributed by atoms with Crippen LogP contribution in [0.25, 0.3) is 21.9 Å². The second-order valence-corrected chi connectivity index (χ2v) is 10.1. The molecule has 9 nitrogen and oxygen atoms in total. The average Bonchev–Trinajstić information content (AvgIpc) is 3.44. The summed E-state index contributed by atoms with van der Waals surface area (Å²) in [5.41, 5.74) is 2.41. The quantitative estimate of drug-likeness (QED) is 0.339. The van der Waals surface area contributed by atoms with Crippen molar-refractivity contribution in [2.75, 3.05) is 44.2 Å². The number of hydrogen-bond donors (Lipinski definition) is 4. The SMILES string of the molecule is O=C(NCC(F)(F)F)C1CCCN(c2cc[nH]c3cnc4nccc4c23)C1.O=C(NCC(F)(F)F)C1CCCNC1. The number of aromatic nitrogens is 3. The van der Waals surface area contributed by atoms with Gasteiger partial charge in [0, 0.05) is 48.5 Å². The van der Waals surface area contributed by atoms with Crippen LogP contribution >= 0.6 is 0 Å². The first-order valence-corrected chi connectivity index (χ1v) is 13.3. The molecule has 41 heavy (non-hydrogen) atoms. The number of hydrogen-bond acceptors (Lipinski definition) is 6. The lowest BCUT2D eigenvalue weighted by atomic mass is 9.96. The van der Waals surface area contributed by atoms with Crippen molar-refractivity contribution in [3.63, 3.8) is 0 Å². The average molecular weight is 588 g/mol. The lowest BCUT2D eigenvalue weighted by Gasteiger charge is -2.34. The summed E-state index contributed by atoms with van der Waals surface area (Å²) < 4.78 is 72.4. The molecule has 2 saturated heterocycles. The van der Waals surface area contributed by atoms with E-state index in [-0.39, 0.29) is 5.92 Å². The van der Waals surface area contributed by atoms with E-state index in [1.807, 2.05) is 22.8 Å². The molecule has 3 aromatic heterocycles. The molecule has 0 spiro atoms. The Labute approximate surface area is 231 Å². The lowest BCUT2D eigenvalue weighted by molar-refractivity contribution is -0.141. The molecule has 2 atom stereocenters. The Morgan fingerprint density at radius 3 is 2.29 bits per heavy atom. The van der Waals surface area contributed by atoms with E-state index in [1.54, 1.807) is 18.6 Å². The van der Waals surface area contributed by atoms with Crippen LogP contribution in [0.3, 0.4) is 0 Å². The molecule has 2 fully saturated rings. The van der Waals surface area contributed by atoms with E-state index in [9.17, 15) is 35.9 Å². The Bertz CT molecular complexity index is 1340. The number of aromatic amines is 1. The predicted octanol–water partition coefficient (Wildman–Crippen LogP) is 3.67. The number of anilines is 1. The van der Waals surface area contributed by atoms with Gasteiger partial charge in [0.15, 0.2) is 5.65 Å². The molecule has 0 radical (unpaired) electrons. The number of amides is 2. The molecule has 2 amide bonds. The lowest BCUT2D eigenvalue weighted by Crippen LogP contribution is -2.45. The molecule has 2 unspecified atom stereocenters. The Morgan fingerprint density at radius 1 is 0.951 bits per heavy atom. The maximum absolute atomic E-state index is 12.4. The predicted molar refractivity (Wildman–Crippen MR) is 140 cm³/mol. The molecule has 0 bridgehead atoms. The molecule has 15 heteroatoms. The highest BCUT2D eigenvalue weighted by molar-refractivity contribution is 6.10. The van der Waals surface area contributed by atoms with E-state index in [4.69, 9.17) is 0 Å². The second-order valence-electron chi connectivity index (χ2n) is 10.1. The summed E-state index contributed by atoms with van der Waals surface area (Å²) in [5.74, 6) is -1.85. The number of rotatable bonds is 5. The molecule has 0 aromatic carbocycles. The third-order valence-electron chi connectivity index (χ3n) is 7.00. The summed E-state index contributed by atoms with van der Waals surface area (Å²) in [6.07, 6.45) is -0.709. The van der Waals surface area contributed by atoms with Crippen molar-refractivity contribution in [1.82, 2.24) is 30.9 Å². The van der Waals surface area contributed by atoms with Crippen molar-refractivity contribution in [1.29, 1.82) is 0 Å². The van der Waals surface area contributed by atoms with E-state index in [0.717, 1.165) is 47.9 Å². The molecule has 2 aliphatic rings. The highest BCUT2D eigenvalue weighted by atomic mass is 19.4. The fourth-order valence-corrected chi connectivity index (χ4v) is 5.05. The minimum absolute atomic E-state index is 0.314. The maximum Gasteiger partial charge on any atom is 0.405 e.